The Bertz CT molecular complexity index is 3420. The molecule has 0 N–H and O–H groups in total. The third-order valence-corrected chi connectivity index (χ3v) is 11.1. The smallest absolute Gasteiger partial charge is 0.0992 e. The van der Waals surface area contributed by atoms with Crippen LogP contribution < -0.4 is 0 Å². The van der Waals surface area contributed by atoms with E-state index in [1.165, 1.54) is 16.2 Å². The van der Waals surface area contributed by atoms with Gasteiger partial charge in [-0.05, 0) is 72.8 Å². The van der Waals surface area contributed by atoms with Gasteiger partial charge in [-0.2, -0.15) is 10.5 Å². The third-order valence-electron chi connectivity index (χ3n) is 11.1. The molecule has 0 radical (unpaired) electrons. The standard InChI is InChI=1S/C50H29N5/c51-30-32-22-26-48(55-46-19-9-3-13-37(46)40-24-21-33(31-52)28-49(40)55)42(27-32)39-15-5-10-20-47(39)54-45-18-8-4-14-38(45)41-25-23-34(29-50(41)54)53-43-16-6-1-11-35(43)36-12-2-7-17-44(36)53/h1-29H. The zero-order valence-corrected chi connectivity index (χ0v) is 29.5. The predicted molar refractivity (Wildman–Crippen MR) is 224 cm³/mol. The summed E-state index contributed by atoms with van der Waals surface area (Å²) < 4.78 is 6.98. The second-order valence-electron chi connectivity index (χ2n) is 14.0. The molecule has 0 aliphatic rings. The van der Waals surface area contributed by atoms with E-state index in [9.17, 15) is 10.5 Å². The van der Waals surface area contributed by atoms with Crippen molar-refractivity contribution in [1.82, 2.24) is 13.7 Å². The van der Waals surface area contributed by atoms with Crippen molar-refractivity contribution in [3.8, 4) is 40.3 Å². The number of nitrogens with zero attached hydrogens (tertiary/aromatic N) is 5. The summed E-state index contributed by atoms with van der Waals surface area (Å²) in [7, 11) is 0. The average Bonchev–Trinajstić information content (AvgIpc) is 3.88. The van der Waals surface area contributed by atoms with Gasteiger partial charge >= 0.3 is 0 Å². The second-order valence-corrected chi connectivity index (χ2v) is 14.0. The summed E-state index contributed by atoms with van der Waals surface area (Å²) in [6, 6.07) is 66.0. The highest BCUT2D eigenvalue weighted by atomic mass is 15.0. The molecule has 3 aromatic heterocycles. The first kappa shape index (κ1) is 30.7. The average molecular weight is 700 g/mol. The Hall–Kier alpha value is -7.86. The van der Waals surface area contributed by atoms with Crippen molar-refractivity contribution in [1.29, 1.82) is 10.5 Å². The summed E-state index contributed by atoms with van der Waals surface area (Å²) in [4.78, 5) is 0. The van der Waals surface area contributed by atoms with Crippen LogP contribution in [0.15, 0.2) is 176 Å². The molecule has 3 heterocycles. The van der Waals surface area contributed by atoms with Crippen LogP contribution in [0.2, 0.25) is 0 Å². The lowest BCUT2D eigenvalue weighted by Gasteiger charge is -2.19. The molecule has 0 unspecified atom stereocenters. The summed E-state index contributed by atoms with van der Waals surface area (Å²) >= 11 is 0. The monoisotopic (exact) mass is 699 g/mol. The van der Waals surface area contributed by atoms with E-state index in [4.69, 9.17) is 0 Å². The molecule has 8 aromatic carbocycles. The highest BCUT2D eigenvalue weighted by molar-refractivity contribution is 6.13. The minimum atomic E-state index is 0.572. The van der Waals surface area contributed by atoms with Gasteiger partial charge in [-0.1, -0.05) is 103 Å². The predicted octanol–water partition coefficient (Wildman–Crippen LogP) is 12.4. The lowest BCUT2D eigenvalue weighted by atomic mass is 9.98. The Kier molecular flexibility index (Phi) is 6.61. The Balaban J connectivity index is 1.22. The van der Waals surface area contributed by atoms with Gasteiger partial charge in [-0.15, -0.1) is 0 Å². The molecule has 5 nitrogen and oxygen atoms in total. The van der Waals surface area contributed by atoms with E-state index in [0.717, 1.165) is 77.4 Å². The van der Waals surface area contributed by atoms with Crippen LogP contribution in [0.4, 0.5) is 0 Å². The van der Waals surface area contributed by atoms with Crippen molar-refractivity contribution < 1.29 is 0 Å². The number of hydrogen-bond acceptors (Lipinski definition) is 2. The highest BCUT2D eigenvalue weighted by Crippen LogP contribution is 2.42. The molecule has 0 amide bonds. The van der Waals surface area contributed by atoms with Crippen LogP contribution in [-0.4, -0.2) is 13.7 Å². The number of benzene rings is 8. The van der Waals surface area contributed by atoms with Gasteiger partial charge in [0.25, 0.3) is 0 Å². The Morgan fingerprint density at radius 1 is 0.309 bits per heavy atom. The molecular formula is C50H29N5. The number of rotatable bonds is 4. The van der Waals surface area contributed by atoms with Gasteiger partial charge < -0.3 is 13.7 Å². The number of fused-ring (bicyclic) bond motifs is 9. The normalized spacial score (nSPS) is 11.6. The van der Waals surface area contributed by atoms with E-state index in [0.29, 0.717) is 11.1 Å². The van der Waals surface area contributed by atoms with Crippen LogP contribution in [-0.2, 0) is 0 Å². The van der Waals surface area contributed by atoms with Crippen molar-refractivity contribution in [3.63, 3.8) is 0 Å². The zero-order chi connectivity index (χ0) is 36.6. The highest BCUT2D eigenvalue weighted by Gasteiger charge is 2.22. The molecule has 0 saturated heterocycles. The Morgan fingerprint density at radius 3 is 1.31 bits per heavy atom. The molecule has 11 aromatic rings. The van der Waals surface area contributed by atoms with E-state index in [-0.39, 0.29) is 0 Å². The molecule has 0 atom stereocenters. The molecular weight excluding hydrogens is 671 g/mol. The summed E-state index contributed by atoms with van der Waals surface area (Å²) in [5.74, 6) is 0. The SMILES string of the molecule is N#Cc1ccc(-n2c3ccccc3c3ccc(C#N)cc32)c(-c2ccccc2-n2c3ccccc3c3ccc(-n4c5ccccc5c5ccccc54)cc32)c1. The first-order valence-electron chi connectivity index (χ1n) is 18.3. The maximum absolute atomic E-state index is 10.2. The van der Waals surface area contributed by atoms with Crippen LogP contribution in [0.25, 0.3) is 93.6 Å². The molecule has 254 valence electrons. The fourth-order valence-corrected chi connectivity index (χ4v) is 8.77. The van der Waals surface area contributed by atoms with Crippen LogP contribution >= 0.6 is 0 Å². The van der Waals surface area contributed by atoms with E-state index in [2.05, 4.69) is 159 Å². The summed E-state index contributed by atoms with van der Waals surface area (Å²) in [5.41, 5.74) is 12.6. The maximum atomic E-state index is 10.2. The van der Waals surface area contributed by atoms with Gasteiger partial charge in [-0.25, -0.2) is 0 Å². The largest absolute Gasteiger partial charge is 0.309 e. The quantitative estimate of drug-likeness (QED) is 0.184. The molecule has 5 heteroatoms. The zero-order valence-electron chi connectivity index (χ0n) is 29.5. The molecule has 0 aliphatic heterocycles. The van der Waals surface area contributed by atoms with Crippen LogP contribution in [0, 0.1) is 22.7 Å². The van der Waals surface area contributed by atoms with Crippen molar-refractivity contribution in [2.75, 3.05) is 0 Å². The van der Waals surface area contributed by atoms with Gasteiger partial charge in [0.05, 0.1) is 67.7 Å². The van der Waals surface area contributed by atoms with Crippen LogP contribution in [0.5, 0.6) is 0 Å². The first-order chi connectivity index (χ1) is 27.2. The van der Waals surface area contributed by atoms with Crippen LogP contribution in [0.3, 0.4) is 0 Å². The number of nitriles is 2. The Labute approximate surface area is 316 Å². The minimum Gasteiger partial charge on any atom is -0.309 e. The van der Waals surface area contributed by atoms with Crippen molar-refractivity contribution in [2.24, 2.45) is 0 Å². The summed E-state index contributed by atoms with van der Waals surface area (Å²) in [6.07, 6.45) is 0. The number of hydrogen-bond donors (Lipinski definition) is 0. The van der Waals surface area contributed by atoms with Crippen LogP contribution in [0.1, 0.15) is 11.1 Å². The van der Waals surface area contributed by atoms with E-state index in [1.807, 2.05) is 42.5 Å². The van der Waals surface area contributed by atoms with Crippen molar-refractivity contribution >= 4 is 65.4 Å². The Morgan fingerprint density at radius 2 is 0.727 bits per heavy atom. The molecule has 55 heavy (non-hydrogen) atoms. The molecule has 0 aliphatic carbocycles. The van der Waals surface area contributed by atoms with Gasteiger partial charge in [0.2, 0.25) is 0 Å². The maximum Gasteiger partial charge on any atom is 0.0992 e. The van der Waals surface area contributed by atoms with Gasteiger partial charge in [0.15, 0.2) is 0 Å². The van der Waals surface area contributed by atoms with E-state index in [1.54, 1.807) is 0 Å². The van der Waals surface area contributed by atoms with E-state index >= 15 is 0 Å². The summed E-state index contributed by atoms with van der Waals surface area (Å²) in [6.45, 7) is 0. The molecule has 0 bridgehead atoms. The van der Waals surface area contributed by atoms with Crippen molar-refractivity contribution in [3.05, 3.63) is 187 Å². The topological polar surface area (TPSA) is 62.4 Å². The number of para-hydroxylation sites is 5. The lowest BCUT2D eigenvalue weighted by molar-refractivity contribution is 1.15. The van der Waals surface area contributed by atoms with E-state index < -0.39 is 0 Å². The summed E-state index contributed by atoms with van der Waals surface area (Å²) in [5, 5.41) is 27.1. The minimum absolute atomic E-state index is 0.572. The molecule has 11 rings (SSSR count). The molecule has 0 spiro atoms. The van der Waals surface area contributed by atoms with Gasteiger partial charge in [-0.3, -0.25) is 0 Å². The molecule has 0 fully saturated rings. The lowest BCUT2D eigenvalue weighted by Crippen LogP contribution is -2.02. The first-order valence-corrected chi connectivity index (χ1v) is 18.3. The van der Waals surface area contributed by atoms with Gasteiger partial charge in [0, 0.05) is 49.1 Å². The fraction of sp³-hybridized carbons (Fsp3) is 0. The fourth-order valence-electron chi connectivity index (χ4n) is 8.77. The van der Waals surface area contributed by atoms with Crippen molar-refractivity contribution in [2.45, 2.75) is 0 Å². The van der Waals surface area contributed by atoms with Gasteiger partial charge in [0.1, 0.15) is 0 Å². The third kappa shape index (κ3) is 4.45. The second kappa shape index (κ2) is 11.8. The number of aromatic nitrogens is 3. The molecule has 0 saturated carbocycles.